The Kier molecular flexibility index (Phi) is 4.27. The summed E-state index contributed by atoms with van der Waals surface area (Å²) in [7, 11) is 0. The van der Waals surface area contributed by atoms with Crippen LogP contribution >= 0.6 is 22.6 Å². The fourth-order valence-electron chi connectivity index (χ4n) is 1.46. The van der Waals surface area contributed by atoms with E-state index in [2.05, 4.69) is 15.5 Å². The topological polar surface area (TPSA) is 111 Å². The normalized spacial score (nSPS) is 10.3. The van der Waals surface area contributed by atoms with Crippen LogP contribution in [0.1, 0.15) is 22.1 Å². The fourth-order valence-corrected chi connectivity index (χ4v) is 2.04. The smallest absolute Gasteiger partial charge is 0.270 e. The maximum Gasteiger partial charge on any atom is 0.270 e. The predicted octanol–water partition coefficient (Wildman–Crippen LogP) is 1.82. The van der Waals surface area contributed by atoms with Gasteiger partial charge in [-0.25, -0.2) is 0 Å². The Balaban J connectivity index is 2.12. The van der Waals surface area contributed by atoms with Gasteiger partial charge >= 0.3 is 0 Å². The summed E-state index contributed by atoms with van der Waals surface area (Å²) in [5.41, 5.74) is 0.0974. The molecule has 0 fully saturated rings. The molecule has 2 rings (SSSR count). The number of aryl methyl sites for hydroxylation is 1. The Morgan fingerprint density at radius 2 is 2.30 bits per heavy atom. The number of hydrogen-bond donors (Lipinski definition) is 1. The van der Waals surface area contributed by atoms with Gasteiger partial charge in [-0.15, -0.1) is 0 Å². The van der Waals surface area contributed by atoms with E-state index in [-0.39, 0.29) is 23.7 Å². The highest BCUT2D eigenvalue weighted by atomic mass is 127. The second-order valence-corrected chi connectivity index (χ2v) is 5.00. The molecule has 0 atom stereocenters. The van der Waals surface area contributed by atoms with E-state index in [1.807, 2.05) is 22.6 Å². The zero-order valence-corrected chi connectivity index (χ0v) is 12.4. The molecular formula is C11H9IN4O4. The van der Waals surface area contributed by atoms with E-state index in [0.29, 0.717) is 9.39 Å². The van der Waals surface area contributed by atoms with Gasteiger partial charge in [0, 0.05) is 15.7 Å². The van der Waals surface area contributed by atoms with Gasteiger partial charge in [0.2, 0.25) is 5.89 Å². The maximum atomic E-state index is 12.0. The van der Waals surface area contributed by atoms with Gasteiger partial charge in [0.15, 0.2) is 5.82 Å². The van der Waals surface area contributed by atoms with E-state index in [9.17, 15) is 14.9 Å². The van der Waals surface area contributed by atoms with Crippen LogP contribution in [0.2, 0.25) is 0 Å². The van der Waals surface area contributed by atoms with E-state index >= 15 is 0 Å². The highest BCUT2D eigenvalue weighted by Gasteiger charge is 2.16. The van der Waals surface area contributed by atoms with Crippen LogP contribution in [0.5, 0.6) is 0 Å². The van der Waals surface area contributed by atoms with Gasteiger partial charge in [0.05, 0.1) is 17.0 Å². The summed E-state index contributed by atoms with van der Waals surface area (Å²) in [4.78, 5) is 26.1. The molecule has 0 bridgehead atoms. The van der Waals surface area contributed by atoms with Crippen molar-refractivity contribution in [2.24, 2.45) is 0 Å². The number of nitro benzene ring substituents is 1. The number of benzene rings is 1. The number of carbonyl (C=O) groups excluding carboxylic acids is 1. The van der Waals surface area contributed by atoms with Crippen LogP contribution in [0.4, 0.5) is 5.69 Å². The van der Waals surface area contributed by atoms with Gasteiger partial charge in [0.1, 0.15) is 0 Å². The standard InChI is InChI=1S/C11H9IN4O4/c1-6-14-10(20-15-6)5-13-11(17)8-4-7(16(18)19)2-3-9(8)12/h2-4H,5H2,1H3,(H,13,17). The number of nitrogens with zero attached hydrogens (tertiary/aromatic N) is 3. The molecule has 0 aliphatic carbocycles. The van der Waals surface area contributed by atoms with Gasteiger partial charge in [0.25, 0.3) is 11.6 Å². The summed E-state index contributed by atoms with van der Waals surface area (Å²) in [5.74, 6) is 0.310. The number of non-ortho nitro benzene ring substituents is 1. The molecule has 8 nitrogen and oxygen atoms in total. The van der Waals surface area contributed by atoms with Crippen molar-refractivity contribution in [2.45, 2.75) is 13.5 Å². The Hall–Kier alpha value is -2.04. The highest BCUT2D eigenvalue weighted by molar-refractivity contribution is 14.1. The molecule has 0 aliphatic heterocycles. The van der Waals surface area contributed by atoms with Crippen LogP contribution in [0.25, 0.3) is 0 Å². The third-order valence-electron chi connectivity index (χ3n) is 2.38. The zero-order chi connectivity index (χ0) is 14.7. The molecule has 20 heavy (non-hydrogen) atoms. The van der Waals surface area contributed by atoms with E-state index in [0.717, 1.165) is 0 Å². The van der Waals surface area contributed by atoms with Crippen LogP contribution in [0.3, 0.4) is 0 Å². The van der Waals surface area contributed by atoms with Crippen molar-refractivity contribution in [3.63, 3.8) is 0 Å². The fraction of sp³-hybridized carbons (Fsp3) is 0.182. The Morgan fingerprint density at radius 1 is 1.55 bits per heavy atom. The molecule has 104 valence electrons. The molecule has 2 aromatic rings. The number of amides is 1. The average molecular weight is 388 g/mol. The van der Waals surface area contributed by atoms with Crippen LogP contribution in [-0.2, 0) is 6.54 Å². The third kappa shape index (κ3) is 3.29. The number of halogens is 1. The van der Waals surface area contributed by atoms with Gasteiger partial charge in [-0.2, -0.15) is 4.98 Å². The summed E-state index contributed by atoms with van der Waals surface area (Å²) in [6, 6.07) is 4.10. The first-order valence-corrected chi connectivity index (χ1v) is 6.56. The molecule has 9 heteroatoms. The summed E-state index contributed by atoms with van der Waals surface area (Å²) >= 11 is 1.94. The minimum Gasteiger partial charge on any atom is -0.343 e. The summed E-state index contributed by atoms with van der Waals surface area (Å²) in [6.07, 6.45) is 0. The number of nitrogens with one attached hydrogen (secondary N) is 1. The first-order valence-electron chi connectivity index (χ1n) is 5.48. The molecule has 0 saturated carbocycles. The van der Waals surface area contributed by atoms with Gasteiger partial charge in [-0.05, 0) is 35.6 Å². The van der Waals surface area contributed by atoms with Crippen molar-refractivity contribution in [1.29, 1.82) is 0 Å². The molecule has 1 aromatic carbocycles. The molecule has 1 heterocycles. The molecule has 0 spiro atoms. The second kappa shape index (κ2) is 5.94. The number of carbonyl (C=O) groups is 1. The van der Waals surface area contributed by atoms with E-state index < -0.39 is 10.8 Å². The zero-order valence-electron chi connectivity index (χ0n) is 10.3. The Labute approximate surface area is 126 Å². The van der Waals surface area contributed by atoms with Gasteiger partial charge in [-0.3, -0.25) is 14.9 Å². The van der Waals surface area contributed by atoms with Gasteiger partial charge < -0.3 is 9.84 Å². The quantitative estimate of drug-likeness (QED) is 0.486. The van der Waals surface area contributed by atoms with Gasteiger partial charge in [-0.1, -0.05) is 5.16 Å². The number of aromatic nitrogens is 2. The van der Waals surface area contributed by atoms with Crippen molar-refractivity contribution < 1.29 is 14.2 Å². The van der Waals surface area contributed by atoms with Crippen molar-refractivity contribution in [2.75, 3.05) is 0 Å². The predicted molar refractivity (Wildman–Crippen MR) is 76.0 cm³/mol. The second-order valence-electron chi connectivity index (χ2n) is 3.84. The summed E-state index contributed by atoms with van der Waals surface area (Å²) in [6.45, 7) is 1.73. The molecule has 0 radical (unpaired) electrons. The lowest BCUT2D eigenvalue weighted by Gasteiger charge is -2.04. The third-order valence-corrected chi connectivity index (χ3v) is 3.32. The Morgan fingerprint density at radius 3 is 2.90 bits per heavy atom. The Bertz CT molecular complexity index is 670. The maximum absolute atomic E-state index is 12.0. The first-order chi connectivity index (χ1) is 9.47. The minimum absolute atomic E-state index is 0.0679. The van der Waals surface area contributed by atoms with Crippen LogP contribution < -0.4 is 5.32 Å². The number of nitro groups is 1. The lowest BCUT2D eigenvalue weighted by molar-refractivity contribution is -0.384. The van der Waals surface area contributed by atoms with Crippen LogP contribution in [-0.4, -0.2) is 21.0 Å². The minimum atomic E-state index is -0.547. The van der Waals surface area contributed by atoms with E-state index in [4.69, 9.17) is 4.52 Å². The van der Waals surface area contributed by atoms with E-state index in [1.165, 1.54) is 18.2 Å². The monoisotopic (exact) mass is 388 g/mol. The first kappa shape index (κ1) is 14.4. The highest BCUT2D eigenvalue weighted by Crippen LogP contribution is 2.19. The molecule has 0 saturated heterocycles. The van der Waals surface area contributed by atoms with Crippen molar-refractivity contribution in [3.8, 4) is 0 Å². The largest absolute Gasteiger partial charge is 0.343 e. The molecule has 0 aliphatic rings. The lowest BCUT2D eigenvalue weighted by atomic mass is 10.2. The van der Waals surface area contributed by atoms with Crippen molar-refractivity contribution in [1.82, 2.24) is 15.5 Å². The molecule has 0 unspecified atom stereocenters. The molecule has 1 amide bonds. The van der Waals surface area contributed by atoms with Crippen molar-refractivity contribution in [3.05, 3.63) is 49.2 Å². The summed E-state index contributed by atoms with van der Waals surface area (Å²) < 4.78 is 5.47. The molecule has 1 aromatic heterocycles. The lowest BCUT2D eigenvalue weighted by Crippen LogP contribution is -2.24. The SMILES string of the molecule is Cc1noc(CNC(=O)c2cc([N+](=O)[O-])ccc2I)n1. The number of hydrogen-bond acceptors (Lipinski definition) is 6. The summed E-state index contributed by atoms with van der Waals surface area (Å²) in [5, 5.41) is 16.9. The average Bonchev–Trinajstić information content (AvgIpc) is 2.82. The van der Waals surface area contributed by atoms with Crippen LogP contribution in [0, 0.1) is 20.6 Å². The van der Waals surface area contributed by atoms with E-state index in [1.54, 1.807) is 6.92 Å². The van der Waals surface area contributed by atoms with Crippen LogP contribution in [0.15, 0.2) is 22.7 Å². The number of rotatable bonds is 4. The molecular weight excluding hydrogens is 379 g/mol. The molecule has 1 N–H and O–H groups in total. The van der Waals surface area contributed by atoms with Crippen molar-refractivity contribution >= 4 is 34.2 Å².